The van der Waals surface area contributed by atoms with Gasteiger partial charge in [-0.15, -0.1) is 0 Å². The van der Waals surface area contributed by atoms with Gasteiger partial charge in [0.15, 0.2) is 0 Å². The van der Waals surface area contributed by atoms with Gasteiger partial charge in [0.05, 0.1) is 0 Å². The van der Waals surface area contributed by atoms with E-state index in [1.54, 1.807) is 0 Å². The Labute approximate surface area is 115 Å². The Bertz CT molecular complexity index is 479. The van der Waals surface area contributed by atoms with E-state index in [1.165, 1.54) is 11.1 Å². The van der Waals surface area contributed by atoms with E-state index < -0.39 is 0 Å². The van der Waals surface area contributed by atoms with Crippen molar-refractivity contribution < 1.29 is 0 Å². The van der Waals surface area contributed by atoms with E-state index in [9.17, 15) is 0 Å². The molecule has 0 amide bonds. The Hall–Kier alpha value is -1.74. The van der Waals surface area contributed by atoms with Crippen LogP contribution in [0.1, 0.15) is 23.9 Å². The fourth-order valence-corrected chi connectivity index (χ4v) is 2.00. The van der Waals surface area contributed by atoms with Gasteiger partial charge in [0.25, 0.3) is 0 Å². The number of rotatable bonds is 6. The lowest BCUT2D eigenvalue weighted by Gasteiger charge is -2.16. The summed E-state index contributed by atoms with van der Waals surface area (Å²) in [5, 5.41) is 0. The highest BCUT2D eigenvalue weighted by Crippen LogP contribution is 2.04. The van der Waals surface area contributed by atoms with Gasteiger partial charge in [0, 0.05) is 37.5 Å². The molecule has 2 rings (SSSR count). The third kappa shape index (κ3) is 4.45. The van der Waals surface area contributed by atoms with Gasteiger partial charge in [0.1, 0.15) is 5.82 Å². The Morgan fingerprint density at radius 1 is 1.00 bits per heavy atom. The van der Waals surface area contributed by atoms with E-state index in [-0.39, 0.29) is 0 Å². The molecule has 2 aromatic rings. The highest BCUT2D eigenvalue weighted by molar-refractivity contribution is 5.15. The van der Waals surface area contributed by atoms with Crippen LogP contribution in [0, 0.1) is 0 Å². The quantitative estimate of drug-likeness (QED) is 0.794. The Balaban J connectivity index is 1.82. The first-order valence-electron chi connectivity index (χ1n) is 6.80. The van der Waals surface area contributed by atoms with Crippen LogP contribution in [0.5, 0.6) is 0 Å². The number of aromatic nitrogens is 2. The lowest BCUT2D eigenvalue weighted by atomic mass is 10.1. The second-order valence-corrected chi connectivity index (χ2v) is 4.83. The van der Waals surface area contributed by atoms with Crippen LogP contribution in [0.15, 0.2) is 42.7 Å². The Morgan fingerprint density at radius 2 is 1.68 bits per heavy atom. The molecule has 1 heterocycles. The third-order valence-electron chi connectivity index (χ3n) is 3.15. The van der Waals surface area contributed by atoms with Gasteiger partial charge >= 0.3 is 0 Å². The highest BCUT2D eigenvalue weighted by Gasteiger charge is 2.02. The molecule has 19 heavy (non-hydrogen) atoms. The molecule has 0 saturated carbocycles. The molecule has 0 bridgehead atoms. The Morgan fingerprint density at radius 3 is 2.32 bits per heavy atom. The molecule has 0 aliphatic rings. The maximum absolute atomic E-state index is 4.33. The molecule has 0 N–H and O–H groups in total. The van der Waals surface area contributed by atoms with Crippen LogP contribution in [-0.4, -0.2) is 28.5 Å². The zero-order valence-electron chi connectivity index (χ0n) is 11.7. The highest BCUT2D eigenvalue weighted by atomic mass is 15.1. The maximum Gasteiger partial charge on any atom is 0.127 e. The van der Waals surface area contributed by atoms with Crippen LogP contribution in [-0.2, 0) is 19.4 Å². The lowest BCUT2D eigenvalue weighted by Crippen LogP contribution is -2.21. The summed E-state index contributed by atoms with van der Waals surface area (Å²) in [4.78, 5) is 11.0. The normalized spacial score (nSPS) is 10.9. The summed E-state index contributed by atoms with van der Waals surface area (Å²) in [6.45, 7) is 4.01. The van der Waals surface area contributed by atoms with Crippen molar-refractivity contribution >= 4 is 0 Å². The van der Waals surface area contributed by atoms with Crippen molar-refractivity contribution in [3.05, 3.63) is 59.7 Å². The van der Waals surface area contributed by atoms with Crippen LogP contribution < -0.4 is 0 Å². The smallest absolute Gasteiger partial charge is 0.127 e. The first kappa shape index (κ1) is 13.7. The molecular weight excluding hydrogens is 234 g/mol. The lowest BCUT2D eigenvalue weighted by molar-refractivity contribution is 0.330. The van der Waals surface area contributed by atoms with Gasteiger partial charge in [-0.25, -0.2) is 9.97 Å². The molecule has 1 aromatic heterocycles. The number of likely N-dealkylation sites (N-methyl/N-ethyl adjacent to an activating group) is 1. The molecule has 0 spiro atoms. The van der Waals surface area contributed by atoms with Crippen molar-refractivity contribution in [3.63, 3.8) is 0 Å². The second kappa shape index (κ2) is 7.00. The Kier molecular flexibility index (Phi) is 5.04. The molecule has 100 valence electrons. The van der Waals surface area contributed by atoms with Gasteiger partial charge in [-0.05, 0) is 19.0 Å². The third-order valence-corrected chi connectivity index (χ3v) is 3.15. The van der Waals surface area contributed by atoms with Crippen LogP contribution in [0.25, 0.3) is 0 Å². The van der Waals surface area contributed by atoms with Crippen molar-refractivity contribution in [2.24, 2.45) is 0 Å². The molecule has 0 fully saturated rings. The average Bonchev–Trinajstić information content (AvgIpc) is 2.47. The van der Waals surface area contributed by atoms with E-state index in [4.69, 9.17) is 0 Å². The van der Waals surface area contributed by atoms with Crippen LogP contribution in [0.3, 0.4) is 0 Å². The van der Waals surface area contributed by atoms with E-state index in [0.29, 0.717) is 0 Å². The number of nitrogens with zero attached hydrogens (tertiary/aromatic N) is 3. The zero-order valence-corrected chi connectivity index (χ0v) is 11.7. The monoisotopic (exact) mass is 255 g/mol. The molecule has 0 atom stereocenters. The largest absolute Gasteiger partial charge is 0.302 e. The van der Waals surface area contributed by atoms with Crippen LogP contribution in [0.4, 0.5) is 0 Å². The predicted molar refractivity (Wildman–Crippen MR) is 77.9 cm³/mol. The minimum Gasteiger partial charge on any atom is -0.302 e. The SMILES string of the molecule is CCc1ncc(CN(C)CCc2ccccc2)cn1. The number of benzene rings is 1. The molecule has 0 aliphatic heterocycles. The van der Waals surface area contributed by atoms with Crippen molar-refractivity contribution in [1.29, 1.82) is 0 Å². The topological polar surface area (TPSA) is 29.0 Å². The summed E-state index contributed by atoms with van der Waals surface area (Å²) in [6, 6.07) is 10.6. The van der Waals surface area contributed by atoms with Crippen molar-refractivity contribution in [2.75, 3.05) is 13.6 Å². The predicted octanol–water partition coefficient (Wildman–Crippen LogP) is 2.71. The van der Waals surface area contributed by atoms with Crippen LogP contribution >= 0.6 is 0 Å². The van der Waals surface area contributed by atoms with Crippen molar-refractivity contribution in [2.45, 2.75) is 26.3 Å². The van der Waals surface area contributed by atoms with E-state index in [1.807, 2.05) is 12.4 Å². The fourth-order valence-electron chi connectivity index (χ4n) is 2.00. The van der Waals surface area contributed by atoms with Gasteiger partial charge in [-0.3, -0.25) is 0 Å². The first-order chi connectivity index (χ1) is 9.28. The maximum atomic E-state index is 4.33. The second-order valence-electron chi connectivity index (χ2n) is 4.83. The minimum atomic E-state index is 0.893. The van der Waals surface area contributed by atoms with Crippen molar-refractivity contribution in [1.82, 2.24) is 14.9 Å². The van der Waals surface area contributed by atoms with E-state index in [2.05, 4.69) is 59.2 Å². The summed E-state index contributed by atoms with van der Waals surface area (Å²) in [5.41, 5.74) is 2.56. The number of hydrogen-bond acceptors (Lipinski definition) is 3. The average molecular weight is 255 g/mol. The first-order valence-corrected chi connectivity index (χ1v) is 6.80. The minimum absolute atomic E-state index is 0.893. The van der Waals surface area contributed by atoms with Crippen LogP contribution in [0.2, 0.25) is 0 Å². The van der Waals surface area contributed by atoms with Gasteiger partial charge in [-0.1, -0.05) is 37.3 Å². The summed E-state index contributed by atoms with van der Waals surface area (Å²) < 4.78 is 0. The molecule has 0 radical (unpaired) electrons. The molecule has 0 saturated heterocycles. The number of hydrogen-bond donors (Lipinski definition) is 0. The molecule has 0 aliphatic carbocycles. The zero-order chi connectivity index (χ0) is 13.5. The summed E-state index contributed by atoms with van der Waals surface area (Å²) in [6.07, 6.45) is 5.84. The number of aryl methyl sites for hydroxylation is 1. The fraction of sp³-hybridized carbons (Fsp3) is 0.375. The van der Waals surface area contributed by atoms with E-state index >= 15 is 0 Å². The standard InChI is InChI=1S/C16H21N3/c1-3-16-17-11-15(12-18-16)13-19(2)10-9-14-7-5-4-6-8-14/h4-8,11-12H,3,9-10,13H2,1-2H3. The summed E-state index contributed by atoms with van der Waals surface area (Å²) >= 11 is 0. The summed E-state index contributed by atoms with van der Waals surface area (Å²) in [5.74, 6) is 0.913. The molecule has 0 unspecified atom stereocenters. The molecule has 3 nitrogen and oxygen atoms in total. The molecular formula is C16H21N3. The summed E-state index contributed by atoms with van der Waals surface area (Å²) in [7, 11) is 2.14. The van der Waals surface area contributed by atoms with Gasteiger partial charge < -0.3 is 4.90 Å². The molecule has 3 heteroatoms. The van der Waals surface area contributed by atoms with E-state index in [0.717, 1.165) is 31.8 Å². The van der Waals surface area contributed by atoms with Crippen molar-refractivity contribution in [3.8, 4) is 0 Å². The molecule has 1 aromatic carbocycles. The van der Waals surface area contributed by atoms with Gasteiger partial charge in [0.2, 0.25) is 0 Å². The van der Waals surface area contributed by atoms with Gasteiger partial charge in [-0.2, -0.15) is 0 Å².